The van der Waals surface area contributed by atoms with E-state index in [4.69, 9.17) is 0 Å². The SMILES string of the molecule is CCn1c(C)nc2[nH]c3ccccc3c(=O)c21. The van der Waals surface area contributed by atoms with Crippen molar-refractivity contribution < 1.29 is 0 Å². The van der Waals surface area contributed by atoms with Gasteiger partial charge in [-0.1, -0.05) is 12.1 Å². The molecule has 0 radical (unpaired) electrons. The Bertz CT molecular complexity index is 767. The van der Waals surface area contributed by atoms with Crippen molar-refractivity contribution in [2.75, 3.05) is 0 Å². The van der Waals surface area contributed by atoms with Crippen LogP contribution in [0.3, 0.4) is 0 Å². The number of imidazole rings is 1. The first-order valence-corrected chi connectivity index (χ1v) is 5.70. The molecule has 3 rings (SSSR count). The third-order valence-electron chi connectivity index (χ3n) is 3.11. The monoisotopic (exact) mass is 227 g/mol. The molecule has 2 heterocycles. The van der Waals surface area contributed by atoms with Crippen molar-refractivity contribution >= 4 is 22.1 Å². The van der Waals surface area contributed by atoms with Gasteiger partial charge in [-0.25, -0.2) is 4.98 Å². The minimum absolute atomic E-state index is 0.0526. The molecule has 0 saturated heterocycles. The topological polar surface area (TPSA) is 50.7 Å². The number of nitrogens with zero attached hydrogens (tertiary/aromatic N) is 2. The second-order valence-electron chi connectivity index (χ2n) is 4.10. The summed E-state index contributed by atoms with van der Waals surface area (Å²) >= 11 is 0. The number of H-pyrrole nitrogens is 1. The number of aromatic nitrogens is 3. The zero-order valence-corrected chi connectivity index (χ0v) is 9.82. The van der Waals surface area contributed by atoms with Gasteiger partial charge < -0.3 is 9.55 Å². The molecule has 0 aliphatic heterocycles. The Hall–Kier alpha value is -2.10. The Kier molecular flexibility index (Phi) is 2.04. The van der Waals surface area contributed by atoms with Gasteiger partial charge in [-0.15, -0.1) is 0 Å². The lowest BCUT2D eigenvalue weighted by atomic mass is 10.2. The highest BCUT2D eigenvalue weighted by molar-refractivity contribution is 5.89. The van der Waals surface area contributed by atoms with Gasteiger partial charge in [0.1, 0.15) is 11.3 Å². The van der Waals surface area contributed by atoms with Gasteiger partial charge >= 0.3 is 0 Å². The van der Waals surface area contributed by atoms with Crippen LogP contribution in [0.25, 0.3) is 22.1 Å². The first-order chi connectivity index (χ1) is 8.22. The average molecular weight is 227 g/mol. The van der Waals surface area contributed by atoms with E-state index in [1.165, 1.54) is 0 Å². The molecule has 0 saturated carbocycles. The van der Waals surface area contributed by atoms with Crippen molar-refractivity contribution in [2.24, 2.45) is 0 Å². The van der Waals surface area contributed by atoms with Crippen LogP contribution >= 0.6 is 0 Å². The molecular weight excluding hydrogens is 214 g/mol. The number of hydrogen-bond acceptors (Lipinski definition) is 2. The van der Waals surface area contributed by atoms with Crippen LogP contribution in [0.15, 0.2) is 29.1 Å². The van der Waals surface area contributed by atoms with Crippen LogP contribution in [-0.4, -0.2) is 14.5 Å². The maximum Gasteiger partial charge on any atom is 0.215 e. The number of fused-ring (bicyclic) bond motifs is 2. The smallest absolute Gasteiger partial charge is 0.215 e. The van der Waals surface area contributed by atoms with E-state index < -0.39 is 0 Å². The Morgan fingerprint density at radius 1 is 1.35 bits per heavy atom. The summed E-state index contributed by atoms with van der Waals surface area (Å²) < 4.78 is 1.95. The molecule has 3 aromatic rings. The molecule has 0 bridgehead atoms. The van der Waals surface area contributed by atoms with Gasteiger partial charge in [-0.3, -0.25) is 4.79 Å². The Balaban J connectivity index is 2.60. The third-order valence-corrected chi connectivity index (χ3v) is 3.11. The molecule has 4 nitrogen and oxygen atoms in total. The molecule has 0 fully saturated rings. The maximum absolute atomic E-state index is 12.4. The number of pyridine rings is 1. The zero-order chi connectivity index (χ0) is 12.0. The van der Waals surface area contributed by atoms with Gasteiger partial charge in [0.05, 0.1) is 5.52 Å². The minimum atomic E-state index is 0.0526. The van der Waals surface area contributed by atoms with Crippen molar-refractivity contribution in [2.45, 2.75) is 20.4 Å². The largest absolute Gasteiger partial charge is 0.338 e. The second kappa shape index (κ2) is 3.45. The van der Waals surface area contributed by atoms with Crippen LogP contribution in [0.1, 0.15) is 12.7 Å². The fourth-order valence-electron chi connectivity index (χ4n) is 2.31. The fourth-order valence-corrected chi connectivity index (χ4v) is 2.31. The number of rotatable bonds is 1. The Labute approximate surface area is 97.9 Å². The lowest BCUT2D eigenvalue weighted by molar-refractivity contribution is 0.752. The standard InChI is InChI=1S/C13H13N3O/c1-3-16-8(2)14-13-11(16)12(17)9-6-4-5-7-10(9)15-13/h4-7H,3H2,1-2H3,(H,15,17). The van der Waals surface area contributed by atoms with Crippen LogP contribution in [0.5, 0.6) is 0 Å². The molecule has 1 aromatic carbocycles. The van der Waals surface area contributed by atoms with Gasteiger partial charge in [0, 0.05) is 11.9 Å². The average Bonchev–Trinajstić information content (AvgIpc) is 2.65. The minimum Gasteiger partial charge on any atom is -0.338 e. The van der Waals surface area contributed by atoms with Crippen LogP contribution in [0.4, 0.5) is 0 Å². The zero-order valence-electron chi connectivity index (χ0n) is 9.82. The van der Waals surface area contributed by atoms with E-state index in [0.29, 0.717) is 11.2 Å². The van der Waals surface area contributed by atoms with Crippen molar-refractivity contribution in [1.29, 1.82) is 0 Å². The molecule has 17 heavy (non-hydrogen) atoms. The predicted molar refractivity (Wildman–Crippen MR) is 68.3 cm³/mol. The van der Waals surface area contributed by atoms with Gasteiger partial charge in [-0.05, 0) is 26.0 Å². The molecule has 0 aliphatic carbocycles. The van der Waals surface area contributed by atoms with Crippen LogP contribution in [0, 0.1) is 6.92 Å². The summed E-state index contributed by atoms with van der Waals surface area (Å²) in [6, 6.07) is 7.53. The quantitative estimate of drug-likeness (QED) is 0.693. The van der Waals surface area contributed by atoms with Gasteiger partial charge in [0.15, 0.2) is 5.65 Å². The molecule has 0 aliphatic rings. The van der Waals surface area contributed by atoms with E-state index in [9.17, 15) is 4.79 Å². The third kappa shape index (κ3) is 1.30. The Morgan fingerprint density at radius 2 is 2.12 bits per heavy atom. The first-order valence-electron chi connectivity index (χ1n) is 5.70. The Morgan fingerprint density at radius 3 is 2.88 bits per heavy atom. The molecule has 4 heteroatoms. The fraction of sp³-hybridized carbons (Fsp3) is 0.231. The van der Waals surface area contributed by atoms with E-state index in [-0.39, 0.29) is 5.43 Å². The van der Waals surface area contributed by atoms with Gasteiger partial charge in [-0.2, -0.15) is 0 Å². The first kappa shape index (κ1) is 10.1. The summed E-state index contributed by atoms with van der Waals surface area (Å²) in [5.74, 6) is 0.867. The summed E-state index contributed by atoms with van der Waals surface area (Å²) in [7, 11) is 0. The van der Waals surface area contributed by atoms with Crippen molar-refractivity contribution in [3.63, 3.8) is 0 Å². The lowest BCUT2D eigenvalue weighted by Gasteiger charge is -2.02. The highest BCUT2D eigenvalue weighted by atomic mass is 16.1. The molecule has 0 spiro atoms. The van der Waals surface area contributed by atoms with Crippen molar-refractivity contribution in [1.82, 2.24) is 14.5 Å². The maximum atomic E-state index is 12.4. The number of nitrogens with one attached hydrogen (secondary N) is 1. The van der Waals surface area contributed by atoms with Crippen molar-refractivity contribution in [3.05, 3.63) is 40.3 Å². The normalized spacial score (nSPS) is 11.4. The second-order valence-corrected chi connectivity index (χ2v) is 4.10. The number of hydrogen-bond donors (Lipinski definition) is 1. The molecule has 0 unspecified atom stereocenters. The number of para-hydroxylation sites is 1. The van der Waals surface area contributed by atoms with E-state index in [0.717, 1.165) is 23.3 Å². The van der Waals surface area contributed by atoms with E-state index >= 15 is 0 Å². The summed E-state index contributed by atoms with van der Waals surface area (Å²) in [6.07, 6.45) is 0. The van der Waals surface area contributed by atoms with E-state index in [1.807, 2.05) is 42.7 Å². The van der Waals surface area contributed by atoms with E-state index in [2.05, 4.69) is 9.97 Å². The summed E-state index contributed by atoms with van der Waals surface area (Å²) in [5.41, 5.74) is 2.24. The van der Waals surface area contributed by atoms with Gasteiger partial charge in [0.25, 0.3) is 0 Å². The molecule has 1 N–H and O–H groups in total. The highest BCUT2D eigenvalue weighted by Crippen LogP contribution is 2.15. The lowest BCUT2D eigenvalue weighted by Crippen LogP contribution is -2.09. The van der Waals surface area contributed by atoms with Gasteiger partial charge in [0.2, 0.25) is 5.43 Å². The molecule has 86 valence electrons. The van der Waals surface area contributed by atoms with E-state index in [1.54, 1.807) is 0 Å². The molecular formula is C13H13N3O. The summed E-state index contributed by atoms with van der Waals surface area (Å²) in [5, 5.41) is 0.717. The number of benzene rings is 1. The number of aromatic amines is 1. The summed E-state index contributed by atoms with van der Waals surface area (Å²) in [6.45, 7) is 4.69. The van der Waals surface area contributed by atoms with Crippen LogP contribution in [0.2, 0.25) is 0 Å². The van der Waals surface area contributed by atoms with Crippen LogP contribution in [-0.2, 0) is 6.54 Å². The molecule has 2 aromatic heterocycles. The molecule has 0 atom stereocenters. The predicted octanol–water partition coefficient (Wildman–Crippen LogP) is 2.21. The van der Waals surface area contributed by atoms with Crippen LogP contribution < -0.4 is 5.43 Å². The van der Waals surface area contributed by atoms with Crippen molar-refractivity contribution in [3.8, 4) is 0 Å². The summed E-state index contributed by atoms with van der Waals surface area (Å²) in [4.78, 5) is 20.0. The highest BCUT2D eigenvalue weighted by Gasteiger charge is 2.12. The molecule has 0 amide bonds. The number of aryl methyl sites for hydroxylation is 2.